The van der Waals surface area contributed by atoms with E-state index in [-0.39, 0.29) is 35.6 Å². The van der Waals surface area contributed by atoms with Crippen molar-refractivity contribution in [2.45, 2.75) is 63.8 Å². The molecule has 4 rings (SSSR count). The van der Waals surface area contributed by atoms with Gasteiger partial charge in [-0.15, -0.1) is 0 Å². The van der Waals surface area contributed by atoms with E-state index in [9.17, 15) is 19.8 Å². The average Bonchev–Trinajstić information content (AvgIpc) is 2.85. The number of halogens is 1. The molecule has 3 saturated carbocycles. The lowest BCUT2D eigenvalue weighted by molar-refractivity contribution is -0.218. The number of carbonyl (C=O) groups is 2. The van der Waals surface area contributed by atoms with Gasteiger partial charge in [0.2, 0.25) is 0 Å². The van der Waals surface area contributed by atoms with Gasteiger partial charge in [-0.1, -0.05) is 25.5 Å². The summed E-state index contributed by atoms with van der Waals surface area (Å²) >= 11 is 1.38. The van der Waals surface area contributed by atoms with E-state index >= 15 is 4.39 Å². The van der Waals surface area contributed by atoms with E-state index in [1.807, 2.05) is 20.1 Å². The molecule has 0 bridgehead atoms. The molecule has 0 radical (unpaired) electrons. The van der Waals surface area contributed by atoms with Crippen molar-refractivity contribution in [2.75, 3.05) is 12.0 Å². The topological polar surface area (TPSA) is 74.6 Å². The van der Waals surface area contributed by atoms with E-state index in [4.69, 9.17) is 0 Å². The van der Waals surface area contributed by atoms with Gasteiger partial charge in [-0.05, 0) is 62.9 Å². The molecule has 0 spiro atoms. The van der Waals surface area contributed by atoms with Crippen molar-refractivity contribution in [2.24, 2.45) is 28.6 Å². The molecule has 0 aliphatic heterocycles. The lowest BCUT2D eigenvalue weighted by Gasteiger charge is -2.62. The molecule has 4 aliphatic rings. The zero-order valence-corrected chi connectivity index (χ0v) is 18.4. The van der Waals surface area contributed by atoms with Crippen molar-refractivity contribution < 1.29 is 24.2 Å². The van der Waals surface area contributed by atoms with Gasteiger partial charge in [-0.3, -0.25) is 9.59 Å². The summed E-state index contributed by atoms with van der Waals surface area (Å²) in [4.78, 5) is 24.9. The summed E-state index contributed by atoms with van der Waals surface area (Å²) in [5.41, 5.74) is -4.65. The van der Waals surface area contributed by atoms with Gasteiger partial charge in [0.1, 0.15) is 5.60 Å². The van der Waals surface area contributed by atoms with Gasteiger partial charge in [0.15, 0.2) is 17.2 Å². The number of hydrogen-bond donors (Lipinski definition) is 2. The summed E-state index contributed by atoms with van der Waals surface area (Å²) in [7, 11) is 0. The molecule has 29 heavy (non-hydrogen) atoms. The molecule has 0 aromatic rings. The zero-order valence-electron chi connectivity index (χ0n) is 17.6. The number of hydrogen-bond acceptors (Lipinski definition) is 5. The predicted molar refractivity (Wildman–Crippen MR) is 111 cm³/mol. The molecule has 160 valence electrons. The first-order valence-corrected chi connectivity index (χ1v) is 11.9. The summed E-state index contributed by atoms with van der Waals surface area (Å²) in [5, 5.41) is 22.9. The third-order valence-corrected chi connectivity index (χ3v) is 9.47. The fourth-order valence-corrected chi connectivity index (χ4v) is 7.86. The molecule has 0 saturated heterocycles. The van der Waals surface area contributed by atoms with Crippen LogP contribution in [-0.2, 0) is 9.59 Å². The van der Waals surface area contributed by atoms with E-state index in [0.717, 1.165) is 5.57 Å². The van der Waals surface area contributed by atoms with Gasteiger partial charge in [0.25, 0.3) is 0 Å². The fraction of sp³-hybridized carbons (Fsp3) is 0.739. The molecule has 8 atom stereocenters. The summed E-state index contributed by atoms with van der Waals surface area (Å²) < 4.78 is 17.0. The lowest BCUT2D eigenvalue weighted by Crippen LogP contribution is -2.69. The van der Waals surface area contributed by atoms with Crippen LogP contribution in [0.5, 0.6) is 0 Å². The highest BCUT2D eigenvalue weighted by atomic mass is 32.2. The third kappa shape index (κ3) is 2.40. The van der Waals surface area contributed by atoms with Crippen molar-refractivity contribution in [3.05, 3.63) is 23.8 Å². The second-order valence-corrected chi connectivity index (χ2v) is 10.9. The predicted octanol–water partition coefficient (Wildman–Crippen LogP) is 3.27. The van der Waals surface area contributed by atoms with Crippen LogP contribution in [0.15, 0.2) is 23.8 Å². The van der Waals surface area contributed by atoms with E-state index in [2.05, 4.69) is 0 Å². The van der Waals surface area contributed by atoms with Crippen LogP contribution in [0.1, 0.15) is 46.5 Å². The summed E-state index contributed by atoms with van der Waals surface area (Å²) in [5.74, 6) is -1.12. The largest absolute Gasteiger partial charge is 0.390 e. The Morgan fingerprint density at radius 3 is 2.69 bits per heavy atom. The van der Waals surface area contributed by atoms with Gasteiger partial charge >= 0.3 is 0 Å². The molecule has 0 aromatic heterocycles. The minimum atomic E-state index is -1.92. The highest BCUT2D eigenvalue weighted by molar-refractivity contribution is 7.99. The Morgan fingerprint density at radius 2 is 2.03 bits per heavy atom. The third-order valence-electron chi connectivity index (χ3n) is 8.92. The van der Waals surface area contributed by atoms with Crippen LogP contribution in [-0.4, -0.2) is 51.2 Å². The smallest absolute Gasteiger partial charge is 0.178 e. The quantitative estimate of drug-likeness (QED) is 0.730. The Labute approximate surface area is 176 Å². The second-order valence-electron chi connectivity index (χ2n) is 10.0. The minimum absolute atomic E-state index is 0.0380. The first-order valence-electron chi connectivity index (χ1n) is 10.5. The Bertz CT molecular complexity index is 824. The van der Waals surface area contributed by atoms with Crippen LogP contribution in [0.3, 0.4) is 0 Å². The number of Topliss-reactive ketones (excluding diaryl/α,β-unsaturated/α-hetero) is 1. The molecule has 6 heteroatoms. The molecule has 2 N–H and O–H groups in total. The van der Waals surface area contributed by atoms with Crippen molar-refractivity contribution in [1.82, 2.24) is 0 Å². The van der Waals surface area contributed by atoms with E-state index in [0.29, 0.717) is 19.3 Å². The van der Waals surface area contributed by atoms with Crippen molar-refractivity contribution in [3.8, 4) is 0 Å². The van der Waals surface area contributed by atoms with Crippen LogP contribution in [0, 0.1) is 28.6 Å². The van der Waals surface area contributed by atoms with Gasteiger partial charge < -0.3 is 10.2 Å². The molecule has 4 aliphatic carbocycles. The molecule has 0 heterocycles. The Kier molecular flexibility index (Phi) is 4.77. The summed E-state index contributed by atoms with van der Waals surface area (Å²) in [6.07, 6.45) is 6.77. The first kappa shape index (κ1) is 21.3. The van der Waals surface area contributed by atoms with Gasteiger partial charge in [0.05, 0.1) is 11.9 Å². The number of ketones is 2. The second kappa shape index (κ2) is 6.51. The van der Waals surface area contributed by atoms with Crippen LogP contribution >= 0.6 is 11.8 Å². The average molecular weight is 423 g/mol. The number of aliphatic hydroxyl groups is 2. The monoisotopic (exact) mass is 422 g/mol. The van der Waals surface area contributed by atoms with E-state index in [1.165, 1.54) is 23.9 Å². The van der Waals surface area contributed by atoms with Crippen LogP contribution < -0.4 is 0 Å². The lowest BCUT2D eigenvalue weighted by atomic mass is 9.44. The van der Waals surface area contributed by atoms with Gasteiger partial charge in [-0.2, -0.15) is 11.8 Å². The molecule has 0 amide bonds. The first-order chi connectivity index (χ1) is 13.5. The van der Waals surface area contributed by atoms with Crippen LogP contribution in [0.2, 0.25) is 0 Å². The summed E-state index contributed by atoms with van der Waals surface area (Å²) in [6, 6.07) is 0. The maximum absolute atomic E-state index is 17.0. The van der Waals surface area contributed by atoms with E-state index < -0.39 is 34.1 Å². The highest BCUT2D eigenvalue weighted by Gasteiger charge is 2.75. The zero-order chi connectivity index (χ0) is 21.4. The fourth-order valence-electron chi connectivity index (χ4n) is 7.38. The Morgan fingerprint density at radius 1 is 1.34 bits per heavy atom. The maximum atomic E-state index is 17.0. The summed E-state index contributed by atoms with van der Waals surface area (Å²) in [6.45, 7) is 5.53. The maximum Gasteiger partial charge on any atom is 0.178 e. The molecule has 0 aromatic carbocycles. The van der Waals surface area contributed by atoms with Crippen molar-refractivity contribution >= 4 is 23.3 Å². The molecule has 4 nitrogen and oxygen atoms in total. The number of allylic oxidation sites excluding steroid dienone is 4. The van der Waals surface area contributed by atoms with Gasteiger partial charge in [0, 0.05) is 16.7 Å². The number of fused-ring (bicyclic) bond motifs is 5. The normalized spacial score (nSPS) is 51.1. The SMILES string of the molecule is CSCC(=O)[C@@]1(O)C(C)C[C@H]2[C@@H]3CCC4=CC(=O)C=C[C@]4(C)[C@@]3(F)C(O)C[C@@]21C. The standard InChI is InChI=1S/C23H31FO4S/c1-13-9-17-16-6-5-14-10-15(25)7-8-20(14,2)22(16,24)18(26)11-21(17,3)23(13,28)19(27)12-29-4/h7-8,10,13,16-18,26,28H,5-6,9,11-12H2,1-4H3/t13?,16-,17-,18?,20-,21-,22-,23-/m0/s1. The molecular weight excluding hydrogens is 391 g/mol. The number of rotatable bonds is 3. The van der Waals surface area contributed by atoms with Crippen molar-refractivity contribution in [3.63, 3.8) is 0 Å². The Hall–Kier alpha value is -0.980. The molecule has 3 fully saturated rings. The Balaban J connectivity index is 1.81. The number of aliphatic hydroxyl groups excluding tert-OH is 1. The number of thioether (sulfide) groups is 1. The molecule has 2 unspecified atom stereocenters. The van der Waals surface area contributed by atoms with Gasteiger partial charge in [-0.25, -0.2) is 4.39 Å². The number of alkyl halides is 1. The molecular formula is C23H31FO4S. The highest BCUT2D eigenvalue weighted by Crippen LogP contribution is 2.70. The number of carbonyl (C=O) groups excluding carboxylic acids is 2. The van der Waals surface area contributed by atoms with Crippen LogP contribution in [0.25, 0.3) is 0 Å². The van der Waals surface area contributed by atoms with E-state index in [1.54, 1.807) is 13.0 Å². The minimum Gasteiger partial charge on any atom is -0.390 e. The van der Waals surface area contributed by atoms with Crippen LogP contribution in [0.4, 0.5) is 4.39 Å². The van der Waals surface area contributed by atoms with Crippen molar-refractivity contribution in [1.29, 1.82) is 0 Å².